The van der Waals surface area contributed by atoms with Gasteiger partial charge in [0.2, 0.25) is 0 Å². The number of amides is 1. The summed E-state index contributed by atoms with van der Waals surface area (Å²) < 4.78 is 13.6. The predicted octanol–water partition coefficient (Wildman–Crippen LogP) is 2.87. The third-order valence-electron chi connectivity index (χ3n) is 4.99. The van der Waals surface area contributed by atoms with Crippen LogP contribution < -0.4 is 15.1 Å². The number of carbonyl (C=O) groups excluding carboxylic acids is 1. The lowest BCUT2D eigenvalue weighted by Crippen LogP contribution is -2.46. The van der Waals surface area contributed by atoms with E-state index in [4.69, 9.17) is 0 Å². The first-order valence-electron chi connectivity index (χ1n) is 9.59. The van der Waals surface area contributed by atoms with Crippen molar-refractivity contribution in [1.29, 1.82) is 0 Å². The van der Waals surface area contributed by atoms with E-state index in [1.165, 1.54) is 18.0 Å². The Labute approximate surface area is 169 Å². The Kier molecular flexibility index (Phi) is 5.65. The van der Waals surface area contributed by atoms with Crippen LogP contribution in [0, 0.1) is 5.82 Å². The average molecular weight is 391 g/mol. The van der Waals surface area contributed by atoms with Crippen LogP contribution in [0.4, 0.5) is 15.9 Å². The van der Waals surface area contributed by atoms with E-state index in [1.54, 1.807) is 24.4 Å². The van der Waals surface area contributed by atoms with Gasteiger partial charge in [0.05, 0.1) is 12.4 Å². The molecule has 0 saturated carbocycles. The van der Waals surface area contributed by atoms with Gasteiger partial charge in [-0.1, -0.05) is 36.4 Å². The molecule has 0 bridgehead atoms. The van der Waals surface area contributed by atoms with Gasteiger partial charge in [-0.05, 0) is 18.2 Å². The van der Waals surface area contributed by atoms with Gasteiger partial charge in [-0.15, -0.1) is 0 Å². The zero-order valence-electron chi connectivity index (χ0n) is 16.0. The highest BCUT2D eigenvalue weighted by Crippen LogP contribution is 2.18. The molecule has 0 aliphatic carbocycles. The molecule has 0 radical (unpaired) electrons. The highest BCUT2D eigenvalue weighted by Gasteiger charge is 2.19. The van der Waals surface area contributed by atoms with Crippen molar-refractivity contribution >= 4 is 17.4 Å². The molecule has 1 aliphatic rings. The van der Waals surface area contributed by atoms with Gasteiger partial charge < -0.3 is 15.1 Å². The summed E-state index contributed by atoms with van der Waals surface area (Å²) in [5.74, 6) is 0.0356. The molecule has 0 spiro atoms. The summed E-state index contributed by atoms with van der Waals surface area (Å²) >= 11 is 0. The maximum absolute atomic E-state index is 13.6. The standard InChI is InChI=1S/C22H22FN5O/c23-19-9-5-4-6-17(19)14-26-22(29)20-15-25-21(16-24-20)28-12-10-27(11-13-28)18-7-2-1-3-8-18/h1-9,15-16H,10-14H2,(H,26,29). The molecule has 29 heavy (non-hydrogen) atoms. The van der Waals surface area contributed by atoms with Gasteiger partial charge in [0.1, 0.15) is 17.3 Å². The van der Waals surface area contributed by atoms with E-state index < -0.39 is 0 Å². The Balaban J connectivity index is 1.32. The number of anilines is 2. The smallest absolute Gasteiger partial charge is 0.271 e. The minimum absolute atomic E-state index is 0.108. The van der Waals surface area contributed by atoms with Gasteiger partial charge in [0.15, 0.2) is 0 Å². The van der Waals surface area contributed by atoms with Gasteiger partial charge in [-0.2, -0.15) is 0 Å². The van der Waals surface area contributed by atoms with Crippen LogP contribution in [0.1, 0.15) is 16.1 Å². The fourth-order valence-corrected chi connectivity index (χ4v) is 3.34. The molecule has 4 rings (SSSR count). The van der Waals surface area contributed by atoms with Crippen LogP contribution in [0.5, 0.6) is 0 Å². The number of nitrogens with one attached hydrogen (secondary N) is 1. The van der Waals surface area contributed by atoms with E-state index in [9.17, 15) is 9.18 Å². The van der Waals surface area contributed by atoms with E-state index in [-0.39, 0.29) is 24.0 Å². The lowest BCUT2D eigenvalue weighted by molar-refractivity contribution is 0.0945. The van der Waals surface area contributed by atoms with E-state index in [0.29, 0.717) is 5.56 Å². The summed E-state index contributed by atoms with van der Waals surface area (Å²) in [5.41, 5.74) is 1.87. The molecule has 2 aromatic carbocycles. The van der Waals surface area contributed by atoms with Gasteiger partial charge in [0, 0.05) is 44.0 Å². The molecule has 1 aliphatic heterocycles. The summed E-state index contributed by atoms with van der Waals surface area (Å²) in [6, 6.07) is 16.7. The molecule has 1 aromatic heterocycles. The highest BCUT2D eigenvalue weighted by atomic mass is 19.1. The summed E-state index contributed by atoms with van der Waals surface area (Å²) in [5, 5.41) is 2.68. The van der Waals surface area contributed by atoms with Gasteiger partial charge in [0.25, 0.3) is 5.91 Å². The van der Waals surface area contributed by atoms with Crippen molar-refractivity contribution in [3.63, 3.8) is 0 Å². The van der Waals surface area contributed by atoms with Crippen LogP contribution in [0.3, 0.4) is 0 Å². The molecular formula is C22H22FN5O. The Hall–Kier alpha value is -3.48. The highest BCUT2D eigenvalue weighted by molar-refractivity contribution is 5.91. The number of hydrogen-bond acceptors (Lipinski definition) is 5. The van der Waals surface area contributed by atoms with Crippen LogP contribution in [-0.2, 0) is 6.54 Å². The maximum Gasteiger partial charge on any atom is 0.271 e. The van der Waals surface area contributed by atoms with Crippen molar-refractivity contribution in [3.8, 4) is 0 Å². The van der Waals surface area contributed by atoms with Gasteiger partial charge in [-0.3, -0.25) is 4.79 Å². The Morgan fingerprint density at radius 3 is 2.28 bits per heavy atom. The van der Waals surface area contributed by atoms with Crippen molar-refractivity contribution in [2.24, 2.45) is 0 Å². The number of para-hydroxylation sites is 1. The Morgan fingerprint density at radius 1 is 0.897 bits per heavy atom. The molecule has 1 amide bonds. The van der Waals surface area contributed by atoms with Gasteiger partial charge in [-0.25, -0.2) is 14.4 Å². The third kappa shape index (κ3) is 4.51. The summed E-state index contributed by atoms with van der Waals surface area (Å²) in [6.45, 7) is 3.58. The molecule has 148 valence electrons. The van der Waals surface area contributed by atoms with Crippen LogP contribution >= 0.6 is 0 Å². The normalized spacial score (nSPS) is 14.0. The van der Waals surface area contributed by atoms with Crippen LogP contribution in [0.15, 0.2) is 67.0 Å². The number of benzene rings is 2. The number of nitrogens with zero attached hydrogens (tertiary/aromatic N) is 4. The molecule has 3 aromatic rings. The van der Waals surface area contributed by atoms with E-state index in [0.717, 1.165) is 32.0 Å². The predicted molar refractivity (Wildman–Crippen MR) is 110 cm³/mol. The zero-order valence-corrected chi connectivity index (χ0v) is 16.0. The van der Waals surface area contributed by atoms with Crippen molar-refractivity contribution < 1.29 is 9.18 Å². The SMILES string of the molecule is O=C(NCc1ccccc1F)c1cnc(N2CCN(c3ccccc3)CC2)cn1. The first kappa shape index (κ1) is 18.9. The second-order valence-corrected chi connectivity index (χ2v) is 6.84. The van der Waals surface area contributed by atoms with E-state index in [2.05, 4.69) is 37.2 Å². The Morgan fingerprint density at radius 2 is 1.59 bits per heavy atom. The second-order valence-electron chi connectivity index (χ2n) is 6.84. The first-order chi connectivity index (χ1) is 14.2. The Bertz CT molecular complexity index is 956. The molecule has 6 nitrogen and oxygen atoms in total. The lowest BCUT2D eigenvalue weighted by atomic mass is 10.2. The molecule has 1 fully saturated rings. The zero-order chi connectivity index (χ0) is 20.1. The number of carbonyl (C=O) groups is 1. The number of piperazine rings is 1. The maximum atomic E-state index is 13.6. The van der Waals surface area contributed by atoms with Crippen LogP contribution in [0.25, 0.3) is 0 Å². The van der Waals surface area contributed by atoms with Crippen LogP contribution in [-0.4, -0.2) is 42.1 Å². The number of rotatable bonds is 5. The molecule has 7 heteroatoms. The quantitative estimate of drug-likeness (QED) is 0.725. The largest absolute Gasteiger partial charge is 0.368 e. The lowest BCUT2D eigenvalue weighted by Gasteiger charge is -2.36. The summed E-state index contributed by atoms with van der Waals surface area (Å²) in [6.07, 6.45) is 3.09. The average Bonchev–Trinajstić information content (AvgIpc) is 2.79. The van der Waals surface area contributed by atoms with Crippen molar-refractivity contribution in [2.45, 2.75) is 6.54 Å². The number of halogens is 1. The second kappa shape index (κ2) is 8.68. The van der Waals surface area contributed by atoms with Crippen molar-refractivity contribution in [3.05, 3.63) is 84.1 Å². The summed E-state index contributed by atoms with van der Waals surface area (Å²) in [7, 11) is 0. The minimum Gasteiger partial charge on any atom is -0.368 e. The molecule has 1 saturated heterocycles. The van der Waals surface area contributed by atoms with Crippen LogP contribution in [0.2, 0.25) is 0 Å². The number of aromatic nitrogens is 2. The molecule has 0 unspecified atom stereocenters. The molecule has 0 atom stereocenters. The topological polar surface area (TPSA) is 61.4 Å². The van der Waals surface area contributed by atoms with Gasteiger partial charge >= 0.3 is 0 Å². The van der Waals surface area contributed by atoms with Crippen molar-refractivity contribution in [1.82, 2.24) is 15.3 Å². The molecular weight excluding hydrogens is 369 g/mol. The first-order valence-corrected chi connectivity index (χ1v) is 9.59. The fourth-order valence-electron chi connectivity index (χ4n) is 3.34. The van der Waals surface area contributed by atoms with E-state index in [1.807, 2.05) is 18.2 Å². The molecule has 1 N–H and O–H groups in total. The number of hydrogen-bond donors (Lipinski definition) is 1. The monoisotopic (exact) mass is 391 g/mol. The van der Waals surface area contributed by atoms with Crippen molar-refractivity contribution in [2.75, 3.05) is 36.0 Å². The fraction of sp³-hybridized carbons (Fsp3) is 0.227. The molecule has 2 heterocycles. The third-order valence-corrected chi connectivity index (χ3v) is 4.99. The van der Waals surface area contributed by atoms with E-state index >= 15 is 0 Å². The summed E-state index contributed by atoms with van der Waals surface area (Å²) in [4.78, 5) is 25.4. The minimum atomic E-state index is -0.374.